The van der Waals surface area contributed by atoms with Gasteiger partial charge in [0.25, 0.3) is 0 Å². The molecule has 0 saturated heterocycles. The van der Waals surface area contributed by atoms with E-state index in [0.717, 1.165) is 10.9 Å². The summed E-state index contributed by atoms with van der Waals surface area (Å²) in [5.41, 5.74) is 1.99. The summed E-state index contributed by atoms with van der Waals surface area (Å²) in [5, 5.41) is 21.5. The lowest BCUT2D eigenvalue weighted by molar-refractivity contribution is -0.116. The zero-order chi connectivity index (χ0) is 18.5. The fraction of sp³-hybridized carbons (Fsp3) is 0.0500. The van der Waals surface area contributed by atoms with Crippen molar-refractivity contribution in [2.45, 2.75) is 6.54 Å². The monoisotopic (exact) mass is 344 g/mol. The summed E-state index contributed by atoms with van der Waals surface area (Å²) in [7, 11) is 0. The quantitative estimate of drug-likeness (QED) is 0.730. The van der Waals surface area contributed by atoms with Crippen LogP contribution >= 0.6 is 0 Å². The summed E-state index contributed by atoms with van der Waals surface area (Å²) in [6, 6.07) is 16.6. The van der Waals surface area contributed by atoms with Crippen LogP contribution in [-0.2, 0) is 11.3 Å². The molecule has 1 heterocycles. The van der Waals surface area contributed by atoms with Gasteiger partial charge >= 0.3 is 0 Å². The van der Waals surface area contributed by atoms with E-state index in [0.29, 0.717) is 11.3 Å². The number of nitrogens with one attached hydrogen (secondary N) is 1. The second kappa shape index (κ2) is 7.33. The first-order chi connectivity index (χ1) is 12.6. The normalized spacial score (nSPS) is 9.96. The van der Waals surface area contributed by atoms with Crippen molar-refractivity contribution in [2.24, 2.45) is 0 Å². The molecule has 3 aromatic rings. The van der Waals surface area contributed by atoms with Crippen LogP contribution in [0.15, 0.2) is 60.3 Å². The molecule has 0 aliphatic heterocycles. The van der Waals surface area contributed by atoms with Crippen molar-refractivity contribution in [1.29, 1.82) is 10.5 Å². The number of para-hydroxylation sites is 1. The van der Waals surface area contributed by atoms with E-state index in [1.807, 2.05) is 36.4 Å². The van der Waals surface area contributed by atoms with E-state index in [1.165, 1.54) is 30.3 Å². The molecule has 0 atom stereocenters. The number of carbonyl (C=O) groups is 1. The van der Waals surface area contributed by atoms with Crippen molar-refractivity contribution in [3.8, 4) is 12.1 Å². The minimum absolute atomic E-state index is 0.0105. The standard InChI is InChI=1S/C20H13FN4O/c21-16-5-7-17(8-6-16)24-20(26)13-25-12-15(9-14(10-22)11-23)18-3-1-2-4-19(18)25/h1-9,12H,13H2,(H,24,26). The Morgan fingerprint density at radius 1 is 1.12 bits per heavy atom. The molecule has 0 fully saturated rings. The third kappa shape index (κ3) is 3.61. The van der Waals surface area contributed by atoms with E-state index in [4.69, 9.17) is 10.5 Å². The predicted octanol–water partition coefficient (Wildman–Crippen LogP) is 3.85. The van der Waals surface area contributed by atoms with E-state index in [1.54, 1.807) is 10.8 Å². The third-order valence-electron chi connectivity index (χ3n) is 3.80. The maximum absolute atomic E-state index is 12.9. The minimum atomic E-state index is -0.373. The number of amides is 1. The van der Waals surface area contributed by atoms with Crippen molar-refractivity contribution >= 4 is 28.6 Å². The van der Waals surface area contributed by atoms with Gasteiger partial charge in [0.2, 0.25) is 5.91 Å². The Kier molecular flexibility index (Phi) is 4.78. The Hall–Kier alpha value is -3.90. The number of halogens is 1. The molecule has 1 N–H and O–H groups in total. The van der Waals surface area contributed by atoms with Gasteiger partial charge in [0.05, 0.1) is 0 Å². The first-order valence-electron chi connectivity index (χ1n) is 7.76. The maximum atomic E-state index is 12.9. The van der Waals surface area contributed by atoms with Crippen LogP contribution in [-0.4, -0.2) is 10.5 Å². The maximum Gasteiger partial charge on any atom is 0.244 e. The van der Waals surface area contributed by atoms with E-state index in [-0.39, 0.29) is 23.8 Å². The molecule has 6 heteroatoms. The molecule has 2 aromatic carbocycles. The van der Waals surface area contributed by atoms with Crippen LogP contribution < -0.4 is 5.32 Å². The molecular formula is C20H13FN4O. The first-order valence-corrected chi connectivity index (χ1v) is 7.76. The average Bonchev–Trinajstić information content (AvgIpc) is 2.99. The van der Waals surface area contributed by atoms with E-state index < -0.39 is 0 Å². The lowest BCUT2D eigenvalue weighted by Crippen LogP contribution is -2.18. The van der Waals surface area contributed by atoms with Gasteiger partial charge in [-0.05, 0) is 36.4 Å². The van der Waals surface area contributed by atoms with Gasteiger partial charge in [0.1, 0.15) is 30.1 Å². The van der Waals surface area contributed by atoms with Crippen LogP contribution in [0.4, 0.5) is 10.1 Å². The number of hydrogen-bond acceptors (Lipinski definition) is 3. The molecule has 0 saturated carbocycles. The largest absolute Gasteiger partial charge is 0.337 e. The van der Waals surface area contributed by atoms with Crippen molar-refractivity contribution < 1.29 is 9.18 Å². The molecule has 126 valence electrons. The predicted molar refractivity (Wildman–Crippen MR) is 96.2 cm³/mol. The fourth-order valence-electron chi connectivity index (χ4n) is 2.65. The van der Waals surface area contributed by atoms with Gasteiger partial charge in [0.15, 0.2) is 0 Å². The van der Waals surface area contributed by atoms with Crippen molar-refractivity contribution in [2.75, 3.05) is 5.32 Å². The highest BCUT2D eigenvalue weighted by molar-refractivity contribution is 5.94. The van der Waals surface area contributed by atoms with Gasteiger partial charge in [-0.15, -0.1) is 0 Å². The summed E-state index contributed by atoms with van der Waals surface area (Å²) < 4.78 is 14.7. The number of allylic oxidation sites excluding steroid dienone is 1. The SMILES string of the molecule is N#CC(C#N)=Cc1cn(CC(=O)Nc2ccc(F)cc2)c2ccccc12. The molecule has 26 heavy (non-hydrogen) atoms. The van der Waals surface area contributed by atoms with Crippen LogP contribution in [0.5, 0.6) is 0 Å². The summed E-state index contributed by atoms with van der Waals surface area (Å²) >= 11 is 0. The number of aromatic nitrogens is 1. The summed E-state index contributed by atoms with van der Waals surface area (Å²) in [6.45, 7) is 0.0418. The first kappa shape index (κ1) is 16.9. The number of rotatable bonds is 4. The van der Waals surface area contributed by atoms with Gasteiger partial charge in [-0.3, -0.25) is 4.79 Å². The lowest BCUT2D eigenvalue weighted by atomic mass is 10.1. The van der Waals surface area contributed by atoms with Crippen molar-refractivity contribution in [3.05, 3.63) is 71.7 Å². The number of nitrogens with zero attached hydrogens (tertiary/aromatic N) is 3. The van der Waals surface area contributed by atoms with Crippen LogP contribution in [0.3, 0.4) is 0 Å². The zero-order valence-corrected chi connectivity index (χ0v) is 13.6. The Balaban J connectivity index is 1.89. The summed E-state index contributed by atoms with van der Waals surface area (Å²) in [4.78, 5) is 12.3. The van der Waals surface area contributed by atoms with Crippen LogP contribution in [0.1, 0.15) is 5.56 Å². The second-order valence-corrected chi connectivity index (χ2v) is 5.57. The van der Waals surface area contributed by atoms with Crippen LogP contribution in [0.2, 0.25) is 0 Å². The number of benzene rings is 2. The lowest BCUT2D eigenvalue weighted by Gasteiger charge is -2.07. The van der Waals surface area contributed by atoms with Gasteiger partial charge in [-0.2, -0.15) is 10.5 Å². The van der Waals surface area contributed by atoms with E-state index >= 15 is 0 Å². The average molecular weight is 344 g/mol. The molecule has 0 spiro atoms. The highest BCUT2D eigenvalue weighted by Gasteiger charge is 2.11. The molecule has 1 amide bonds. The molecule has 1 aromatic heterocycles. The van der Waals surface area contributed by atoms with E-state index in [2.05, 4.69) is 5.32 Å². The van der Waals surface area contributed by atoms with Crippen molar-refractivity contribution in [1.82, 2.24) is 4.57 Å². The number of nitriles is 2. The Morgan fingerprint density at radius 2 is 1.81 bits per heavy atom. The number of hydrogen-bond donors (Lipinski definition) is 1. The van der Waals surface area contributed by atoms with Gasteiger partial charge in [-0.25, -0.2) is 4.39 Å². The highest BCUT2D eigenvalue weighted by atomic mass is 19.1. The van der Waals surface area contributed by atoms with Crippen molar-refractivity contribution in [3.63, 3.8) is 0 Å². The molecule has 0 bridgehead atoms. The molecule has 0 aliphatic carbocycles. The fourth-order valence-corrected chi connectivity index (χ4v) is 2.65. The third-order valence-corrected chi connectivity index (χ3v) is 3.80. The number of carbonyl (C=O) groups excluding carboxylic acids is 1. The molecule has 3 rings (SSSR count). The summed E-state index contributed by atoms with van der Waals surface area (Å²) in [6.07, 6.45) is 3.22. The topological polar surface area (TPSA) is 81.6 Å². The summed E-state index contributed by atoms with van der Waals surface area (Å²) in [5.74, 6) is -0.643. The van der Waals surface area contributed by atoms with Crippen LogP contribution in [0, 0.1) is 28.5 Å². The second-order valence-electron chi connectivity index (χ2n) is 5.57. The zero-order valence-electron chi connectivity index (χ0n) is 13.6. The molecule has 0 aliphatic rings. The van der Waals surface area contributed by atoms with Gasteiger partial charge < -0.3 is 9.88 Å². The van der Waals surface area contributed by atoms with Gasteiger partial charge in [0, 0.05) is 28.4 Å². The number of anilines is 1. The van der Waals surface area contributed by atoms with Crippen LogP contribution in [0.25, 0.3) is 17.0 Å². The smallest absolute Gasteiger partial charge is 0.244 e. The Bertz CT molecular complexity index is 1070. The molecule has 5 nitrogen and oxygen atoms in total. The molecule has 0 radical (unpaired) electrons. The van der Waals surface area contributed by atoms with Gasteiger partial charge in [-0.1, -0.05) is 18.2 Å². The Morgan fingerprint density at radius 3 is 2.50 bits per heavy atom. The molecular weight excluding hydrogens is 331 g/mol. The molecule has 0 unspecified atom stereocenters. The van der Waals surface area contributed by atoms with E-state index in [9.17, 15) is 9.18 Å². The highest BCUT2D eigenvalue weighted by Crippen LogP contribution is 2.23. The Labute approximate surface area is 149 Å². The number of fused-ring (bicyclic) bond motifs is 1. The minimum Gasteiger partial charge on any atom is -0.337 e.